The first-order chi connectivity index (χ1) is 9.19. The maximum atomic E-state index is 6.07. The molecule has 2 unspecified atom stereocenters. The van der Waals surface area contributed by atoms with Crippen LogP contribution in [0.4, 0.5) is 0 Å². The zero-order valence-electron chi connectivity index (χ0n) is 11.5. The lowest BCUT2D eigenvalue weighted by Crippen LogP contribution is -2.35. The molecular weight excluding hydrogens is 258 g/mol. The highest BCUT2D eigenvalue weighted by atomic mass is 35.5. The second-order valence-corrected chi connectivity index (χ2v) is 5.86. The SMILES string of the molecule is CCn1c(C2CCNC(C)C2)nc2cc(Cl)ccc21. The minimum Gasteiger partial charge on any atom is -0.328 e. The molecule has 2 aromatic rings. The van der Waals surface area contributed by atoms with Gasteiger partial charge in [-0.2, -0.15) is 0 Å². The van der Waals surface area contributed by atoms with Gasteiger partial charge in [-0.3, -0.25) is 0 Å². The smallest absolute Gasteiger partial charge is 0.113 e. The third kappa shape index (κ3) is 2.37. The molecule has 0 spiro atoms. The Hall–Kier alpha value is -1.06. The second-order valence-electron chi connectivity index (χ2n) is 5.42. The Morgan fingerprint density at radius 2 is 2.32 bits per heavy atom. The van der Waals surface area contributed by atoms with Crippen LogP contribution in [0.25, 0.3) is 11.0 Å². The third-order valence-electron chi connectivity index (χ3n) is 4.04. The first kappa shape index (κ1) is 12.9. The van der Waals surface area contributed by atoms with Gasteiger partial charge in [0.1, 0.15) is 5.82 Å². The number of imidazole rings is 1. The molecule has 2 heterocycles. The summed E-state index contributed by atoms with van der Waals surface area (Å²) in [5.74, 6) is 1.79. The molecule has 0 bridgehead atoms. The highest BCUT2D eigenvalue weighted by molar-refractivity contribution is 6.31. The van der Waals surface area contributed by atoms with Crippen molar-refractivity contribution in [3.8, 4) is 0 Å². The van der Waals surface area contributed by atoms with Gasteiger partial charge in [0.25, 0.3) is 0 Å². The highest BCUT2D eigenvalue weighted by Gasteiger charge is 2.24. The van der Waals surface area contributed by atoms with Gasteiger partial charge in [-0.25, -0.2) is 4.98 Å². The zero-order valence-corrected chi connectivity index (χ0v) is 12.2. The van der Waals surface area contributed by atoms with Crippen molar-refractivity contribution >= 4 is 22.6 Å². The van der Waals surface area contributed by atoms with E-state index in [0.29, 0.717) is 12.0 Å². The van der Waals surface area contributed by atoms with Crippen LogP contribution in [0.2, 0.25) is 5.02 Å². The summed E-state index contributed by atoms with van der Waals surface area (Å²) in [6, 6.07) is 6.58. The number of nitrogens with zero attached hydrogens (tertiary/aromatic N) is 2. The average molecular weight is 278 g/mol. The number of hydrogen-bond acceptors (Lipinski definition) is 2. The van der Waals surface area contributed by atoms with Crippen molar-refractivity contribution in [1.82, 2.24) is 14.9 Å². The molecule has 1 saturated heterocycles. The summed E-state index contributed by atoms with van der Waals surface area (Å²) in [4.78, 5) is 4.85. The van der Waals surface area contributed by atoms with Gasteiger partial charge in [-0.05, 0) is 51.4 Å². The number of fused-ring (bicyclic) bond motifs is 1. The standard InChI is InChI=1S/C15H20ClN3/c1-3-19-14-5-4-12(16)9-13(14)18-15(19)11-6-7-17-10(2)8-11/h4-5,9-11,17H,3,6-8H2,1-2H3. The number of hydrogen-bond donors (Lipinski definition) is 1. The van der Waals surface area contributed by atoms with Crippen LogP contribution in [0.5, 0.6) is 0 Å². The number of benzene rings is 1. The summed E-state index contributed by atoms with van der Waals surface area (Å²) in [6.45, 7) is 6.48. The summed E-state index contributed by atoms with van der Waals surface area (Å²) in [5.41, 5.74) is 2.23. The maximum absolute atomic E-state index is 6.07. The lowest BCUT2D eigenvalue weighted by molar-refractivity contribution is 0.365. The molecule has 102 valence electrons. The van der Waals surface area contributed by atoms with E-state index in [1.807, 2.05) is 12.1 Å². The Morgan fingerprint density at radius 3 is 3.05 bits per heavy atom. The molecule has 1 fully saturated rings. The predicted molar refractivity (Wildman–Crippen MR) is 79.9 cm³/mol. The number of aromatic nitrogens is 2. The van der Waals surface area contributed by atoms with Gasteiger partial charge in [0, 0.05) is 23.5 Å². The Balaban J connectivity index is 2.06. The Labute approximate surface area is 119 Å². The first-order valence-corrected chi connectivity index (χ1v) is 7.46. The number of rotatable bonds is 2. The van der Waals surface area contributed by atoms with E-state index in [9.17, 15) is 0 Å². The molecule has 0 radical (unpaired) electrons. The molecule has 19 heavy (non-hydrogen) atoms. The van der Waals surface area contributed by atoms with Crippen LogP contribution in [-0.4, -0.2) is 22.1 Å². The van der Waals surface area contributed by atoms with Gasteiger partial charge in [0.15, 0.2) is 0 Å². The van der Waals surface area contributed by atoms with E-state index in [1.165, 1.54) is 17.8 Å². The quantitative estimate of drug-likeness (QED) is 0.910. The van der Waals surface area contributed by atoms with Gasteiger partial charge in [0.05, 0.1) is 11.0 Å². The fourth-order valence-corrected chi connectivity index (χ4v) is 3.30. The van der Waals surface area contributed by atoms with Crippen LogP contribution in [0, 0.1) is 0 Å². The molecule has 3 nitrogen and oxygen atoms in total. The van der Waals surface area contributed by atoms with Crippen LogP contribution in [0.3, 0.4) is 0 Å². The molecule has 2 atom stereocenters. The van der Waals surface area contributed by atoms with E-state index in [-0.39, 0.29) is 0 Å². The number of piperidine rings is 1. The predicted octanol–water partition coefficient (Wildman–Crippen LogP) is 3.57. The third-order valence-corrected chi connectivity index (χ3v) is 4.28. The molecule has 1 aromatic carbocycles. The van der Waals surface area contributed by atoms with E-state index >= 15 is 0 Å². The van der Waals surface area contributed by atoms with Crippen molar-refractivity contribution in [3.63, 3.8) is 0 Å². The monoisotopic (exact) mass is 277 g/mol. The van der Waals surface area contributed by atoms with Gasteiger partial charge in [-0.15, -0.1) is 0 Å². The summed E-state index contributed by atoms with van der Waals surface area (Å²) in [7, 11) is 0. The van der Waals surface area contributed by atoms with Gasteiger partial charge in [-0.1, -0.05) is 11.6 Å². The second kappa shape index (κ2) is 5.14. The minimum atomic E-state index is 0.558. The summed E-state index contributed by atoms with van der Waals surface area (Å²) in [6.07, 6.45) is 2.33. The largest absolute Gasteiger partial charge is 0.328 e. The normalized spacial score (nSPS) is 23.9. The maximum Gasteiger partial charge on any atom is 0.113 e. The average Bonchev–Trinajstić information content (AvgIpc) is 2.76. The van der Waals surface area contributed by atoms with Gasteiger partial charge >= 0.3 is 0 Å². The molecule has 0 amide bonds. The summed E-state index contributed by atoms with van der Waals surface area (Å²) >= 11 is 6.07. The van der Waals surface area contributed by atoms with Crippen molar-refractivity contribution in [2.45, 2.75) is 45.2 Å². The minimum absolute atomic E-state index is 0.558. The van der Waals surface area contributed by atoms with E-state index in [4.69, 9.17) is 16.6 Å². The van der Waals surface area contributed by atoms with Crippen molar-refractivity contribution in [1.29, 1.82) is 0 Å². The van der Waals surface area contributed by atoms with E-state index in [2.05, 4.69) is 29.8 Å². The van der Waals surface area contributed by atoms with E-state index < -0.39 is 0 Å². The van der Waals surface area contributed by atoms with Crippen LogP contribution >= 0.6 is 11.6 Å². The summed E-state index contributed by atoms with van der Waals surface area (Å²) in [5, 5.41) is 4.27. The number of halogens is 1. The van der Waals surface area contributed by atoms with Crippen molar-refractivity contribution < 1.29 is 0 Å². The first-order valence-electron chi connectivity index (χ1n) is 7.08. The van der Waals surface area contributed by atoms with E-state index in [0.717, 1.165) is 30.0 Å². The van der Waals surface area contributed by atoms with Gasteiger partial charge in [0.2, 0.25) is 0 Å². The Kier molecular flexibility index (Phi) is 3.50. The molecule has 1 aromatic heterocycles. The zero-order chi connectivity index (χ0) is 13.4. The van der Waals surface area contributed by atoms with Crippen molar-refractivity contribution in [2.75, 3.05) is 6.54 Å². The van der Waals surface area contributed by atoms with Crippen LogP contribution < -0.4 is 5.32 Å². The van der Waals surface area contributed by atoms with Crippen molar-refractivity contribution in [3.05, 3.63) is 29.0 Å². The van der Waals surface area contributed by atoms with Crippen LogP contribution in [0.1, 0.15) is 38.4 Å². The molecule has 0 saturated carbocycles. The van der Waals surface area contributed by atoms with Crippen LogP contribution in [0.15, 0.2) is 18.2 Å². The summed E-state index contributed by atoms with van der Waals surface area (Å²) < 4.78 is 2.34. The van der Waals surface area contributed by atoms with Crippen molar-refractivity contribution in [2.24, 2.45) is 0 Å². The number of aryl methyl sites for hydroxylation is 1. The van der Waals surface area contributed by atoms with E-state index in [1.54, 1.807) is 0 Å². The lowest BCUT2D eigenvalue weighted by atomic mass is 9.92. The molecule has 1 aliphatic rings. The molecule has 3 rings (SSSR count). The molecular formula is C15H20ClN3. The number of nitrogens with one attached hydrogen (secondary N) is 1. The molecule has 0 aliphatic carbocycles. The lowest BCUT2D eigenvalue weighted by Gasteiger charge is -2.27. The molecule has 1 N–H and O–H groups in total. The molecule has 1 aliphatic heterocycles. The van der Waals surface area contributed by atoms with Gasteiger partial charge < -0.3 is 9.88 Å². The topological polar surface area (TPSA) is 29.9 Å². The fraction of sp³-hybridized carbons (Fsp3) is 0.533. The highest BCUT2D eigenvalue weighted by Crippen LogP contribution is 2.30. The Morgan fingerprint density at radius 1 is 1.47 bits per heavy atom. The fourth-order valence-electron chi connectivity index (χ4n) is 3.13. The molecule has 4 heteroatoms. The van der Waals surface area contributed by atoms with Crippen LogP contribution in [-0.2, 0) is 6.54 Å². The Bertz CT molecular complexity index is 590.